The van der Waals surface area contributed by atoms with Crippen LogP contribution in [0, 0.1) is 0 Å². The van der Waals surface area contributed by atoms with E-state index in [1.807, 2.05) is 11.8 Å². The molecule has 0 aliphatic heterocycles. The molecule has 1 aromatic rings. The number of hydrogen-bond acceptors (Lipinski definition) is 2. The summed E-state index contributed by atoms with van der Waals surface area (Å²) in [6.45, 7) is 5.53. The highest BCUT2D eigenvalue weighted by molar-refractivity contribution is 7.98. The number of hydrogen-bond donors (Lipinski definition) is 1. The SMILES string of the molecule is CCCn1cccc1CNCCCCCCSC. The second-order valence-corrected chi connectivity index (χ2v) is 5.76. The molecule has 1 aromatic heterocycles. The van der Waals surface area contributed by atoms with E-state index in [4.69, 9.17) is 0 Å². The molecule has 0 unspecified atom stereocenters. The molecule has 0 saturated carbocycles. The fourth-order valence-corrected chi connectivity index (χ4v) is 2.63. The molecule has 0 spiro atoms. The van der Waals surface area contributed by atoms with Gasteiger partial charge >= 0.3 is 0 Å². The van der Waals surface area contributed by atoms with Gasteiger partial charge in [-0.2, -0.15) is 11.8 Å². The van der Waals surface area contributed by atoms with Crippen molar-refractivity contribution in [2.45, 2.75) is 52.1 Å². The van der Waals surface area contributed by atoms with Gasteiger partial charge in [0.25, 0.3) is 0 Å². The van der Waals surface area contributed by atoms with Gasteiger partial charge in [-0.3, -0.25) is 0 Å². The van der Waals surface area contributed by atoms with Gasteiger partial charge in [0.2, 0.25) is 0 Å². The number of unbranched alkanes of at least 4 members (excludes halogenated alkanes) is 3. The topological polar surface area (TPSA) is 17.0 Å². The Morgan fingerprint density at radius 1 is 1.22 bits per heavy atom. The van der Waals surface area contributed by atoms with Gasteiger partial charge in [0.05, 0.1) is 0 Å². The highest BCUT2D eigenvalue weighted by Crippen LogP contribution is 2.05. The van der Waals surface area contributed by atoms with E-state index in [0.29, 0.717) is 0 Å². The maximum Gasteiger partial charge on any atom is 0.0359 e. The van der Waals surface area contributed by atoms with Gasteiger partial charge in [-0.1, -0.05) is 19.8 Å². The average Bonchev–Trinajstić information content (AvgIpc) is 2.81. The summed E-state index contributed by atoms with van der Waals surface area (Å²) in [5, 5.41) is 3.55. The molecule has 2 nitrogen and oxygen atoms in total. The summed E-state index contributed by atoms with van der Waals surface area (Å²) in [6.07, 6.45) is 11.0. The third kappa shape index (κ3) is 6.50. The van der Waals surface area contributed by atoms with Crippen LogP contribution in [-0.4, -0.2) is 23.1 Å². The van der Waals surface area contributed by atoms with Gasteiger partial charge in [-0.05, 0) is 49.9 Å². The fourth-order valence-electron chi connectivity index (χ4n) is 2.14. The Bertz CT molecular complexity index is 296. The predicted molar refractivity (Wildman–Crippen MR) is 83.3 cm³/mol. The molecule has 104 valence electrons. The molecule has 1 rings (SSSR count). The molecule has 0 saturated heterocycles. The lowest BCUT2D eigenvalue weighted by Gasteiger charge is -2.09. The van der Waals surface area contributed by atoms with Crippen molar-refractivity contribution in [2.75, 3.05) is 18.6 Å². The van der Waals surface area contributed by atoms with Crippen LogP contribution < -0.4 is 5.32 Å². The number of thioether (sulfide) groups is 1. The van der Waals surface area contributed by atoms with E-state index in [-0.39, 0.29) is 0 Å². The zero-order valence-electron chi connectivity index (χ0n) is 12.0. The van der Waals surface area contributed by atoms with Gasteiger partial charge in [-0.15, -0.1) is 0 Å². The van der Waals surface area contributed by atoms with E-state index in [9.17, 15) is 0 Å². The van der Waals surface area contributed by atoms with Crippen molar-refractivity contribution >= 4 is 11.8 Å². The van der Waals surface area contributed by atoms with Gasteiger partial charge in [0, 0.05) is 25.0 Å². The molecule has 0 bridgehead atoms. The summed E-state index contributed by atoms with van der Waals surface area (Å²) in [5.41, 5.74) is 1.42. The number of nitrogens with one attached hydrogen (secondary N) is 1. The third-order valence-corrected chi connectivity index (χ3v) is 3.84. The minimum Gasteiger partial charge on any atom is -0.350 e. The smallest absolute Gasteiger partial charge is 0.0359 e. The number of aryl methyl sites for hydroxylation is 1. The quantitative estimate of drug-likeness (QED) is 0.613. The summed E-state index contributed by atoms with van der Waals surface area (Å²) in [4.78, 5) is 0. The average molecular weight is 268 g/mol. The minimum absolute atomic E-state index is 1.01. The lowest BCUT2D eigenvalue weighted by atomic mass is 10.2. The van der Waals surface area contributed by atoms with Crippen LogP contribution in [0.4, 0.5) is 0 Å². The molecular formula is C15H28N2S. The Morgan fingerprint density at radius 2 is 2.06 bits per heavy atom. The van der Waals surface area contributed by atoms with Gasteiger partial charge < -0.3 is 9.88 Å². The first-order valence-electron chi connectivity index (χ1n) is 7.22. The number of aromatic nitrogens is 1. The van der Waals surface area contributed by atoms with E-state index in [1.54, 1.807) is 0 Å². The molecule has 0 radical (unpaired) electrons. The monoisotopic (exact) mass is 268 g/mol. The second-order valence-electron chi connectivity index (χ2n) is 4.78. The summed E-state index contributed by atoms with van der Waals surface area (Å²) in [5.74, 6) is 1.32. The van der Waals surface area contributed by atoms with Crippen molar-refractivity contribution in [1.29, 1.82) is 0 Å². The fraction of sp³-hybridized carbons (Fsp3) is 0.733. The van der Waals surface area contributed by atoms with Crippen molar-refractivity contribution in [2.24, 2.45) is 0 Å². The lowest BCUT2D eigenvalue weighted by molar-refractivity contribution is 0.570. The van der Waals surface area contributed by atoms with Crippen molar-refractivity contribution in [3.05, 3.63) is 24.0 Å². The van der Waals surface area contributed by atoms with Crippen LogP contribution in [0.25, 0.3) is 0 Å². The van der Waals surface area contributed by atoms with Crippen LogP contribution in [0.15, 0.2) is 18.3 Å². The third-order valence-electron chi connectivity index (χ3n) is 3.15. The molecule has 18 heavy (non-hydrogen) atoms. The molecule has 0 aliphatic carbocycles. The van der Waals surface area contributed by atoms with Gasteiger partial charge in [0.15, 0.2) is 0 Å². The first kappa shape index (κ1) is 15.6. The van der Waals surface area contributed by atoms with Crippen molar-refractivity contribution < 1.29 is 0 Å². The lowest BCUT2D eigenvalue weighted by Crippen LogP contribution is -2.17. The maximum absolute atomic E-state index is 3.55. The zero-order valence-corrected chi connectivity index (χ0v) is 12.8. The van der Waals surface area contributed by atoms with Crippen LogP contribution in [0.3, 0.4) is 0 Å². The maximum atomic E-state index is 3.55. The van der Waals surface area contributed by atoms with E-state index >= 15 is 0 Å². The predicted octanol–water partition coefficient (Wildman–Crippen LogP) is 3.91. The van der Waals surface area contributed by atoms with Gasteiger partial charge in [0.1, 0.15) is 0 Å². The van der Waals surface area contributed by atoms with E-state index in [2.05, 4.69) is 41.4 Å². The normalized spacial score (nSPS) is 11.0. The molecule has 0 fully saturated rings. The highest BCUT2D eigenvalue weighted by atomic mass is 32.2. The summed E-state index contributed by atoms with van der Waals surface area (Å²) < 4.78 is 2.35. The molecule has 1 heterocycles. The van der Waals surface area contributed by atoms with Crippen LogP contribution in [-0.2, 0) is 13.1 Å². The molecule has 0 atom stereocenters. The number of nitrogens with zero attached hydrogens (tertiary/aromatic N) is 1. The molecular weight excluding hydrogens is 240 g/mol. The van der Waals surface area contributed by atoms with Crippen LogP contribution >= 0.6 is 11.8 Å². The highest BCUT2D eigenvalue weighted by Gasteiger charge is 1.98. The summed E-state index contributed by atoms with van der Waals surface area (Å²) in [6, 6.07) is 4.37. The molecule has 0 aliphatic rings. The van der Waals surface area contributed by atoms with Crippen LogP contribution in [0.2, 0.25) is 0 Å². The standard InChI is InChI=1S/C15H28N2S/c1-3-11-17-12-8-9-15(17)14-16-10-6-4-5-7-13-18-2/h8-9,12,16H,3-7,10-11,13-14H2,1-2H3. The molecule has 3 heteroatoms. The van der Waals surface area contributed by atoms with E-state index in [0.717, 1.165) is 19.6 Å². The molecule has 0 amide bonds. The summed E-state index contributed by atoms with van der Waals surface area (Å²) >= 11 is 1.96. The molecule has 0 aromatic carbocycles. The molecule has 1 N–H and O–H groups in total. The van der Waals surface area contributed by atoms with Gasteiger partial charge in [-0.25, -0.2) is 0 Å². The Kier molecular flexibility index (Phi) is 9.13. The second kappa shape index (κ2) is 10.5. The summed E-state index contributed by atoms with van der Waals surface area (Å²) in [7, 11) is 0. The Balaban J connectivity index is 2.01. The Hall–Kier alpha value is -0.410. The van der Waals surface area contributed by atoms with Crippen molar-refractivity contribution in [3.63, 3.8) is 0 Å². The largest absolute Gasteiger partial charge is 0.350 e. The van der Waals surface area contributed by atoms with E-state index in [1.165, 1.54) is 43.6 Å². The zero-order chi connectivity index (χ0) is 13.1. The minimum atomic E-state index is 1.01. The first-order valence-corrected chi connectivity index (χ1v) is 8.61. The Morgan fingerprint density at radius 3 is 2.83 bits per heavy atom. The van der Waals surface area contributed by atoms with Crippen LogP contribution in [0.1, 0.15) is 44.7 Å². The Labute approximate surface area is 117 Å². The van der Waals surface area contributed by atoms with Crippen molar-refractivity contribution in [1.82, 2.24) is 9.88 Å². The van der Waals surface area contributed by atoms with E-state index < -0.39 is 0 Å². The number of rotatable bonds is 11. The van der Waals surface area contributed by atoms with Crippen LogP contribution in [0.5, 0.6) is 0 Å². The first-order chi connectivity index (χ1) is 8.88. The van der Waals surface area contributed by atoms with Crippen molar-refractivity contribution in [3.8, 4) is 0 Å².